The van der Waals surface area contributed by atoms with Crippen molar-refractivity contribution in [3.05, 3.63) is 151 Å². The number of rotatable bonds is 3. The van der Waals surface area contributed by atoms with Gasteiger partial charge in [0.25, 0.3) is 0 Å². The summed E-state index contributed by atoms with van der Waals surface area (Å²) >= 11 is 0. The van der Waals surface area contributed by atoms with Crippen LogP contribution in [0, 0.1) is 6.57 Å². The summed E-state index contributed by atoms with van der Waals surface area (Å²) < 4.78 is 4.60. The molecule has 0 aliphatic rings. The molecule has 0 aliphatic heterocycles. The van der Waals surface area contributed by atoms with Gasteiger partial charge in [-0.2, -0.15) is 0 Å². The predicted molar refractivity (Wildman–Crippen MR) is 167 cm³/mol. The molecule has 0 saturated heterocycles. The highest BCUT2D eigenvalue weighted by Gasteiger charge is 2.18. The number of nitrogens with zero attached hydrogens (tertiary/aromatic N) is 3. The molecule has 0 radical (unpaired) electrons. The molecule has 2 aromatic heterocycles. The third-order valence-electron chi connectivity index (χ3n) is 7.94. The quantitative estimate of drug-likeness (QED) is 0.210. The maximum atomic E-state index is 7.80. The smallest absolute Gasteiger partial charge is 0.210 e. The van der Waals surface area contributed by atoms with E-state index in [1.807, 2.05) is 24.3 Å². The van der Waals surface area contributed by atoms with Crippen LogP contribution in [0.3, 0.4) is 0 Å². The molecule has 0 unspecified atom stereocenters. The van der Waals surface area contributed by atoms with Gasteiger partial charge in [-0.05, 0) is 53.6 Å². The van der Waals surface area contributed by atoms with Crippen LogP contribution in [0.1, 0.15) is 0 Å². The number of hydrogen-bond donors (Lipinski definition) is 0. The highest BCUT2D eigenvalue weighted by Crippen LogP contribution is 2.41. The Balaban J connectivity index is 1.42. The summed E-state index contributed by atoms with van der Waals surface area (Å²) in [6.45, 7) is 7.80. The molecule has 3 heteroatoms. The lowest BCUT2D eigenvalue weighted by Crippen LogP contribution is -1.95. The lowest BCUT2D eigenvalue weighted by Gasteiger charge is -2.12. The lowest BCUT2D eigenvalue weighted by atomic mass is 9.99. The second-order valence-corrected chi connectivity index (χ2v) is 10.1. The molecule has 40 heavy (non-hydrogen) atoms. The Bertz CT molecular complexity index is 2240. The van der Waals surface area contributed by atoms with Crippen molar-refractivity contribution < 1.29 is 0 Å². The Hall–Kier alpha value is -5.59. The first kappa shape index (κ1) is 22.4. The highest BCUT2D eigenvalue weighted by molar-refractivity contribution is 6.16. The van der Waals surface area contributed by atoms with E-state index in [2.05, 4.69) is 129 Å². The van der Waals surface area contributed by atoms with Crippen molar-refractivity contribution in [1.29, 1.82) is 0 Å². The average Bonchev–Trinajstić information content (AvgIpc) is 3.54. The van der Waals surface area contributed by atoms with Crippen molar-refractivity contribution in [3.8, 4) is 22.5 Å². The molecule has 0 fully saturated rings. The van der Waals surface area contributed by atoms with E-state index in [1.54, 1.807) is 0 Å². The van der Waals surface area contributed by atoms with Crippen LogP contribution in [0.5, 0.6) is 0 Å². The minimum atomic E-state index is 0.643. The van der Waals surface area contributed by atoms with Crippen molar-refractivity contribution >= 4 is 49.3 Å². The average molecular weight is 510 g/mol. The van der Waals surface area contributed by atoms with E-state index in [9.17, 15) is 0 Å². The van der Waals surface area contributed by atoms with Gasteiger partial charge in [0.15, 0.2) is 0 Å². The second kappa shape index (κ2) is 8.73. The van der Waals surface area contributed by atoms with Crippen LogP contribution in [0.15, 0.2) is 140 Å². The number of fused-ring (bicyclic) bond motifs is 6. The molecular weight excluding hydrogens is 486 g/mol. The van der Waals surface area contributed by atoms with Crippen LogP contribution >= 0.6 is 0 Å². The molecule has 2 heterocycles. The first-order valence-electron chi connectivity index (χ1n) is 13.4. The first-order chi connectivity index (χ1) is 19.8. The number of para-hydroxylation sites is 5. The van der Waals surface area contributed by atoms with E-state index >= 15 is 0 Å². The van der Waals surface area contributed by atoms with E-state index in [4.69, 9.17) is 6.57 Å². The molecule has 8 aromatic rings. The van der Waals surface area contributed by atoms with Crippen LogP contribution in [-0.4, -0.2) is 9.13 Å². The van der Waals surface area contributed by atoms with E-state index in [0.29, 0.717) is 5.69 Å². The molecular formula is C37H23N3. The maximum Gasteiger partial charge on any atom is 0.210 e. The zero-order chi connectivity index (χ0) is 26.6. The van der Waals surface area contributed by atoms with E-state index in [1.165, 1.54) is 38.1 Å². The highest BCUT2D eigenvalue weighted by atomic mass is 15.0. The van der Waals surface area contributed by atoms with Gasteiger partial charge in [-0.1, -0.05) is 97.1 Å². The summed E-state index contributed by atoms with van der Waals surface area (Å²) in [6, 6.07) is 48.9. The van der Waals surface area contributed by atoms with Crippen molar-refractivity contribution in [1.82, 2.24) is 9.13 Å². The van der Waals surface area contributed by atoms with Crippen LogP contribution < -0.4 is 0 Å². The Kier molecular flexibility index (Phi) is 4.89. The van der Waals surface area contributed by atoms with Crippen molar-refractivity contribution in [2.45, 2.75) is 0 Å². The summed E-state index contributed by atoms with van der Waals surface area (Å²) in [7, 11) is 0. The summed E-state index contributed by atoms with van der Waals surface area (Å²) in [5, 5.41) is 4.88. The zero-order valence-corrected chi connectivity index (χ0v) is 21.6. The Labute approximate surface area is 231 Å². The zero-order valence-electron chi connectivity index (χ0n) is 21.6. The van der Waals surface area contributed by atoms with Gasteiger partial charge in [-0.3, -0.25) is 0 Å². The van der Waals surface area contributed by atoms with E-state index in [-0.39, 0.29) is 0 Å². The molecule has 0 saturated carbocycles. The standard InChI is InChI=1S/C37H23N3/c1-38-31-18-5-9-22-35(31)40-34-21-8-4-16-30(34)37-27(17-11-23-36(37)40)25-12-10-13-26(24-25)39-32-19-6-2-14-28(32)29-15-3-7-20-33(29)39/h2-24H. The SMILES string of the molecule is [C-]#[N+]c1ccccc1-n1c2ccccc2c2c(-c3cccc(-n4c5ccccc5c5ccccc54)c3)cccc21. The van der Waals surface area contributed by atoms with Crippen LogP contribution in [0.4, 0.5) is 5.69 Å². The van der Waals surface area contributed by atoms with Crippen LogP contribution in [-0.2, 0) is 0 Å². The summed E-state index contributed by atoms with van der Waals surface area (Å²) in [5.41, 5.74) is 9.61. The maximum absolute atomic E-state index is 7.80. The second-order valence-electron chi connectivity index (χ2n) is 10.1. The molecule has 186 valence electrons. The molecule has 3 nitrogen and oxygen atoms in total. The fourth-order valence-corrected chi connectivity index (χ4v) is 6.28. The number of aromatic nitrogens is 2. The molecule has 0 aliphatic carbocycles. The third kappa shape index (κ3) is 3.17. The predicted octanol–water partition coefficient (Wildman–Crippen LogP) is 10.1. The summed E-state index contributed by atoms with van der Waals surface area (Å²) in [4.78, 5) is 3.84. The van der Waals surface area contributed by atoms with Crippen molar-refractivity contribution in [2.75, 3.05) is 0 Å². The molecule has 0 atom stereocenters. The summed E-state index contributed by atoms with van der Waals surface area (Å²) in [6.07, 6.45) is 0. The molecule has 8 rings (SSSR count). The van der Waals surface area contributed by atoms with Crippen molar-refractivity contribution in [3.63, 3.8) is 0 Å². The van der Waals surface area contributed by atoms with E-state index < -0.39 is 0 Å². The normalized spacial score (nSPS) is 11.5. The van der Waals surface area contributed by atoms with Crippen LogP contribution in [0.2, 0.25) is 0 Å². The van der Waals surface area contributed by atoms with Gasteiger partial charge in [0.05, 0.1) is 34.3 Å². The number of hydrogen-bond acceptors (Lipinski definition) is 0. The largest absolute Gasteiger partial charge is 0.319 e. The first-order valence-corrected chi connectivity index (χ1v) is 13.4. The fourth-order valence-electron chi connectivity index (χ4n) is 6.28. The topological polar surface area (TPSA) is 14.2 Å². The van der Waals surface area contributed by atoms with Gasteiger partial charge in [-0.25, -0.2) is 4.85 Å². The molecule has 0 bridgehead atoms. The van der Waals surface area contributed by atoms with Gasteiger partial charge < -0.3 is 9.13 Å². The van der Waals surface area contributed by atoms with Gasteiger partial charge >= 0.3 is 0 Å². The van der Waals surface area contributed by atoms with E-state index in [0.717, 1.165) is 28.0 Å². The Morgan fingerprint density at radius 1 is 0.475 bits per heavy atom. The Morgan fingerprint density at radius 3 is 1.77 bits per heavy atom. The fraction of sp³-hybridized carbons (Fsp3) is 0. The molecule has 0 spiro atoms. The molecule has 6 aromatic carbocycles. The lowest BCUT2D eigenvalue weighted by molar-refractivity contribution is 1.18. The minimum Gasteiger partial charge on any atom is -0.319 e. The monoisotopic (exact) mass is 509 g/mol. The van der Waals surface area contributed by atoms with Gasteiger partial charge in [0.1, 0.15) is 0 Å². The minimum absolute atomic E-state index is 0.643. The number of benzene rings is 6. The summed E-state index contributed by atoms with van der Waals surface area (Å²) in [5.74, 6) is 0. The Morgan fingerprint density at radius 2 is 1.05 bits per heavy atom. The van der Waals surface area contributed by atoms with Gasteiger partial charge in [0, 0.05) is 27.2 Å². The molecule has 0 amide bonds. The third-order valence-corrected chi connectivity index (χ3v) is 7.94. The van der Waals surface area contributed by atoms with Crippen molar-refractivity contribution in [2.24, 2.45) is 0 Å². The van der Waals surface area contributed by atoms with Gasteiger partial charge in [-0.15, -0.1) is 0 Å². The van der Waals surface area contributed by atoms with Gasteiger partial charge in [0.2, 0.25) is 5.69 Å². The van der Waals surface area contributed by atoms with Crippen LogP contribution in [0.25, 0.3) is 71.0 Å². The molecule has 0 N–H and O–H groups in total.